The van der Waals surface area contributed by atoms with Gasteiger partial charge in [0.05, 0.1) is 19.3 Å². The van der Waals surface area contributed by atoms with Gasteiger partial charge in [0, 0.05) is 18.2 Å². The molecule has 0 aromatic heterocycles. The molecule has 6 nitrogen and oxygen atoms in total. The maximum Gasteiger partial charge on any atom is 0.264 e. The van der Waals surface area contributed by atoms with Crippen LogP contribution in [0.3, 0.4) is 0 Å². The van der Waals surface area contributed by atoms with Crippen molar-refractivity contribution < 1.29 is 22.2 Å². The fraction of sp³-hybridized carbons (Fsp3) is 0.692. The summed E-state index contributed by atoms with van der Waals surface area (Å²) in [5, 5.41) is 0. The molecule has 0 saturated heterocycles. The largest absolute Gasteiger partial charge is 0.315 e. The average molecular weight is 301 g/mol. The van der Waals surface area contributed by atoms with Gasteiger partial charge in [0.25, 0.3) is 10.1 Å². The van der Waals surface area contributed by atoms with Gasteiger partial charge >= 0.3 is 0 Å². The van der Waals surface area contributed by atoms with Gasteiger partial charge in [-0.2, -0.15) is 8.42 Å². The Balaban J connectivity index is 2.08. The molecular formula is C13H19NO5S. The Hall–Kier alpha value is -1.21. The molecule has 1 heterocycles. The summed E-state index contributed by atoms with van der Waals surface area (Å²) in [7, 11) is -3.48. The van der Waals surface area contributed by atoms with Crippen molar-refractivity contribution in [2.75, 3.05) is 12.9 Å². The van der Waals surface area contributed by atoms with Crippen LogP contribution in [0.15, 0.2) is 12.3 Å². The van der Waals surface area contributed by atoms with Crippen molar-refractivity contribution in [2.45, 2.75) is 38.1 Å². The van der Waals surface area contributed by atoms with Crippen LogP contribution >= 0.6 is 0 Å². The molecule has 0 unspecified atom stereocenters. The van der Waals surface area contributed by atoms with E-state index in [1.165, 1.54) is 12.3 Å². The number of allylic oxidation sites excluding steroid dienone is 1. The highest BCUT2D eigenvalue weighted by Gasteiger charge is 2.34. The number of nitrogens with zero attached hydrogens (tertiary/aromatic N) is 1. The summed E-state index contributed by atoms with van der Waals surface area (Å²) in [5.74, 6) is -0.417. The van der Waals surface area contributed by atoms with Gasteiger partial charge in [-0.15, -0.1) is 0 Å². The molecular weight excluding hydrogens is 282 g/mol. The molecule has 1 aliphatic heterocycles. The summed E-state index contributed by atoms with van der Waals surface area (Å²) < 4.78 is 27.1. The predicted molar refractivity (Wildman–Crippen MR) is 72.2 cm³/mol. The highest BCUT2D eigenvalue weighted by atomic mass is 32.2. The molecule has 1 aliphatic carbocycles. The molecule has 2 aliphatic rings. The first kappa shape index (κ1) is 15.2. The normalized spacial score (nSPS) is 27.9. The van der Waals surface area contributed by atoms with Crippen molar-refractivity contribution in [1.29, 1.82) is 0 Å². The van der Waals surface area contributed by atoms with Crippen LogP contribution in [-0.2, 0) is 23.9 Å². The number of ketones is 1. The lowest BCUT2D eigenvalue weighted by atomic mass is 9.83. The maximum atomic E-state index is 11.9. The highest BCUT2D eigenvalue weighted by Crippen LogP contribution is 2.30. The van der Waals surface area contributed by atoms with E-state index >= 15 is 0 Å². The fourth-order valence-corrected chi connectivity index (χ4v) is 3.22. The Morgan fingerprint density at radius 1 is 1.30 bits per heavy atom. The molecule has 0 bridgehead atoms. The SMILES string of the molecule is CS(=O)(=O)OC[C@@H]1CCCC[C@@H]1N1C=CC(=O)CC1=O. The Morgan fingerprint density at radius 3 is 2.65 bits per heavy atom. The molecule has 2 atom stereocenters. The van der Waals surface area contributed by atoms with Crippen LogP contribution in [0, 0.1) is 5.92 Å². The average Bonchev–Trinajstić information content (AvgIpc) is 2.36. The van der Waals surface area contributed by atoms with Gasteiger partial charge in [0.2, 0.25) is 5.91 Å². The van der Waals surface area contributed by atoms with E-state index in [1.807, 2.05) is 0 Å². The second-order valence-corrected chi connectivity index (χ2v) is 7.00. The first-order chi connectivity index (χ1) is 9.37. The summed E-state index contributed by atoms with van der Waals surface area (Å²) >= 11 is 0. The zero-order valence-electron chi connectivity index (χ0n) is 11.4. The van der Waals surface area contributed by atoms with E-state index in [9.17, 15) is 18.0 Å². The van der Waals surface area contributed by atoms with E-state index in [0.717, 1.165) is 31.9 Å². The van der Waals surface area contributed by atoms with E-state index in [4.69, 9.17) is 4.18 Å². The Bertz CT molecular complexity index is 525. The van der Waals surface area contributed by atoms with Crippen LogP contribution in [0.25, 0.3) is 0 Å². The van der Waals surface area contributed by atoms with E-state index in [0.29, 0.717) is 0 Å². The third-order valence-corrected chi connectivity index (χ3v) is 4.32. The van der Waals surface area contributed by atoms with Gasteiger partial charge in [-0.25, -0.2) is 0 Å². The van der Waals surface area contributed by atoms with Gasteiger partial charge in [-0.3, -0.25) is 13.8 Å². The quantitative estimate of drug-likeness (QED) is 0.567. The molecule has 2 rings (SSSR count). The van der Waals surface area contributed by atoms with Crippen LogP contribution in [0.2, 0.25) is 0 Å². The minimum Gasteiger partial charge on any atom is -0.315 e. The fourth-order valence-electron chi connectivity index (χ4n) is 2.80. The monoisotopic (exact) mass is 301 g/mol. The van der Waals surface area contributed by atoms with Gasteiger partial charge < -0.3 is 4.90 Å². The van der Waals surface area contributed by atoms with Crippen molar-refractivity contribution in [3.63, 3.8) is 0 Å². The Morgan fingerprint density at radius 2 is 2.00 bits per heavy atom. The van der Waals surface area contributed by atoms with Crippen LogP contribution in [-0.4, -0.2) is 43.9 Å². The van der Waals surface area contributed by atoms with Gasteiger partial charge in [-0.05, 0) is 18.9 Å². The molecule has 1 saturated carbocycles. The Kier molecular flexibility index (Phi) is 4.59. The third kappa shape index (κ3) is 3.89. The van der Waals surface area contributed by atoms with E-state index in [2.05, 4.69) is 0 Å². The number of hydrogen-bond acceptors (Lipinski definition) is 5. The molecule has 1 amide bonds. The van der Waals surface area contributed by atoms with Crippen LogP contribution in [0.1, 0.15) is 32.1 Å². The minimum atomic E-state index is -3.48. The zero-order valence-corrected chi connectivity index (χ0v) is 12.3. The van der Waals surface area contributed by atoms with Gasteiger partial charge in [0.1, 0.15) is 0 Å². The molecule has 0 spiro atoms. The van der Waals surface area contributed by atoms with Crippen molar-refractivity contribution in [1.82, 2.24) is 4.90 Å². The Labute approximate surface area is 118 Å². The first-order valence-electron chi connectivity index (χ1n) is 6.73. The topological polar surface area (TPSA) is 80.8 Å². The molecule has 0 aromatic rings. The minimum absolute atomic E-state index is 0.0136. The van der Waals surface area contributed by atoms with Gasteiger partial charge in [0.15, 0.2) is 5.78 Å². The molecule has 20 heavy (non-hydrogen) atoms. The second-order valence-electron chi connectivity index (χ2n) is 5.36. The molecule has 7 heteroatoms. The van der Waals surface area contributed by atoms with Gasteiger partial charge in [-0.1, -0.05) is 12.8 Å². The predicted octanol–water partition coefficient (Wildman–Crippen LogP) is 0.837. The molecule has 0 aromatic carbocycles. The zero-order chi connectivity index (χ0) is 14.8. The van der Waals surface area contributed by atoms with Crippen LogP contribution in [0.5, 0.6) is 0 Å². The molecule has 112 valence electrons. The molecule has 0 radical (unpaired) electrons. The number of amides is 1. The van der Waals surface area contributed by atoms with E-state index in [-0.39, 0.29) is 36.7 Å². The lowest BCUT2D eigenvalue weighted by molar-refractivity contribution is -0.136. The van der Waals surface area contributed by atoms with Crippen molar-refractivity contribution in [3.05, 3.63) is 12.3 Å². The highest BCUT2D eigenvalue weighted by molar-refractivity contribution is 7.85. The maximum absolute atomic E-state index is 11.9. The summed E-state index contributed by atoms with van der Waals surface area (Å²) in [6.45, 7) is 0.0923. The summed E-state index contributed by atoms with van der Waals surface area (Å²) in [6, 6.07) is -0.0812. The summed E-state index contributed by atoms with van der Waals surface area (Å²) in [6.07, 6.45) is 7.47. The standard InChI is InChI=1S/C13H19NO5S/c1-20(17,18)19-9-10-4-2-3-5-12(10)14-7-6-11(15)8-13(14)16/h6-7,10,12H,2-5,8-9H2,1H3/t10-,12-/m0/s1. The van der Waals surface area contributed by atoms with Crippen molar-refractivity contribution in [3.8, 4) is 0 Å². The van der Waals surface area contributed by atoms with E-state index in [1.54, 1.807) is 4.90 Å². The van der Waals surface area contributed by atoms with Crippen molar-refractivity contribution in [2.24, 2.45) is 5.92 Å². The van der Waals surface area contributed by atoms with Crippen LogP contribution < -0.4 is 0 Å². The summed E-state index contributed by atoms with van der Waals surface area (Å²) in [4.78, 5) is 24.7. The summed E-state index contributed by atoms with van der Waals surface area (Å²) in [5.41, 5.74) is 0. The smallest absolute Gasteiger partial charge is 0.264 e. The third-order valence-electron chi connectivity index (χ3n) is 3.76. The lowest BCUT2D eigenvalue weighted by Gasteiger charge is -2.38. The first-order valence-corrected chi connectivity index (χ1v) is 8.55. The number of carbonyl (C=O) groups is 2. The second kappa shape index (κ2) is 6.05. The number of rotatable bonds is 4. The number of carbonyl (C=O) groups excluding carboxylic acids is 2. The molecule has 0 N–H and O–H groups in total. The molecule has 1 fully saturated rings. The lowest BCUT2D eigenvalue weighted by Crippen LogP contribution is -2.46. The van der Waals surface area contributed by atoms with E-state index < -0.39 is 10.1 Å². The number of hydrogen-bond donors (Lipinski definition) is 0. The van der Waals surface area contributed by atoms with Crippen molar-refractivity contribution >= 4 is 21.8 Å². The van der Waals surface area contributed by atoms with Crippen LogP contribution in [0.4, 0.5) is 0 Å².